The van der Waals surface area contributed by atoms with Crippen molar-refractivity contribution in [2.75, 3.05) is 26.7 Å². The van der Waals surface area contributed by atoms with Gasteiger partial charge >= 0.3 is 0 Å². The Morgan fingerprint density at radius 3 is 2.67 bits per heavy atom. The Morgan fingerprint density at radius 1 is 1.50 bits per heavy atom. The van der Waals surface area contributed by atoms with Crippen LogP contribution in [0.2, 0.25) is 0 Å². The van der Waals surface area contributed by atoms with E-state index in [4.69, 9.17) is 0 Å². The van der Waals surface area contributed by atoms with Crippen molar-refractivity contribution >= 4 is 0 Å². The normalized spacial score (nSPS) is 28.5. The maximum absolute atomic E-state index is 9.58. The number of rotatable bonds is 4. The van der Waals surface area contributed by atoms with Crippen LogP contribution >= 0.6 is 0 Å². The molecule has 0 aromatic rings. The lowest BCUT2D eigenvalue weighted by molar-refractivity contribution is 0.0816. The van der Waals surface area contributed by atoms with Crippen LogP contribution in [0.15, 0.2) is 0 Å². The van der Waals surface area contributed by atoms with E-state index in [1.807, 2.05) is 7.05 Å². The summed E-state index contributed by atoms with van der Waals surface area (Å²) in [6.45, 7) is 3.40. The van der Waals surface area contributed by atoms with Crippen LogP contribution in [0.5, 0.6) is 0 Å². The van der Waals surface area contributed by atoms with Crippen LogP contribution in [0.3, 0.4) is 0 Å². The van der Waals surface area contributed by atoms with Gasteiger partial charge in [-0.2, -0.15) is 0 Å². The largest absolute Gasteiger partial charge is 0.390 e. The standard InChI is InChI=1S/C9H18N2O/c1-10-8-6-11(7-8)5-4-9(12)2-3-9/h8,10,12H,2-7H2,1H3. The van der Waals surface area contributed by atoms with Crippen molar-refractivity contribution in [3.05, 3.63) is 0 Å². The quantitative estimate of drug-likeness (QED) is 0.613. The molecule has 0 amide bonds. The lowest BCUT2D eigenvalue weighted by Crippen LogP contribution is -2.57. The minimum Gasteiger partial charge on any atom is -0.390 e. The highest BCUT2D eigenvalue weighted by Gasteiger charge is 2.40. The summed E-state index contributed by atoms with van der Waals surface area (Å²) < 4.78 is 0. The highest BCUT2D eigenvalue weighted by atomic mass is 16.3. The average molecular weight is 170 g/mol. The molecule has 1 heterocycles. The molecule has 70 valence electrons. The number of aliphatic hydroxyl groups is 1. The topological polar surface area (TPSA) is 35.5 Å². The smallest absolute Gasteiger partial charge is 0.0662 e. The van der Waals surface area contributed by atoms with Crippen molar-refractivity contribution in [3.8, 4) is 0 Å². The second-order valence-corrected chi connectivity index (χ2v) is 4.22. The van der Waals surface area contributed by atoms with Gasteiger partial charge < -0.3 is 15.3 Å². The van der Waals surface area contributed by atoms with Gasteiger partial charge in [0.1, 0.15) is 0 Å². The molecule has 0 aromatic carbocycles. The predicted octanol–water partition coefficient (Wildman–Crippen LogP) is -0.195. The molecule has 2 N–H and O–H groups in total. The molecular weight excluding hydrogens is 152 g/mol. The average Bonchev–Trinajstić information content (AvgIpc) is 2.66. The minimum atomic E-state index is -0.259. The van der Waals surface area contributed by atoms with Gasteiger partial charge in [-0.1, -0.05) is 0 Å². The fourth-order valence-corrected chi connectivity index (χ4v) is 1.70. The molecule has 1 saturated heterocycles. The van der Waals surface area contributed by atoms with Crippen LogP contribution in [0.25, 0.3) is 0 Å². The monoisotopic (exact) mass is 170 g/mol. The van der Waals surface area contributed by atoms with E-state index >= 15 is 0 Å². The predicted molar refractivity (Wildman–Crippen MR) is 48.1 cm³/mol. The first-order valence-corrected chi connectivity index (χ1v) is 4.84. The summed E-state index contributed by atoms with van der Waals surface area (Å²) in [5, 5.41) is 12.8. The number of likely N-dealkylation sites (tertiary alicyclic amines) is 1. The summed E-state index contributed by atoms with van der Waals surface area (Å²) in [6, 6.07) is 0.693. The zero-order valence-corrected chi connectivity index (χ0v) is 7.71. The van der Waals surface area contributed by atoms with E-state index in [0.29, 0.717) is 6.04 Å². The number of nitrogens with zero attached hydrogens (tertiary/aromatic N) is 1. The Balaban J connectivity index is 1.58. The van der Waals surface area contributed by atoms with Crippen molar-refractivity contribution in [3.63, 3.8) is 0 Å². The van der Waals surface area contributed by atoms with E-state index in [1.165, 1.54) is 0 Å². The third-order valence-electron chi connectivity index (χ3n) is 3.09. The number of nitrogens with one attached hydrogen (secondary N) is 1. The van der Waals surface area contributed by atoms with Crippen LogP contribution in [0.1, 0.15) is 19.3 Å². The zero-order chi connectivity index (χ0) is 8.60. The summed E-state index contributed by atoms with van der Waals surface area (Å²) in [7, 11) is 2.01. The van der Waals surface area contributed by atoms with Crippen LogP contribution in [0.4, 0.5) is 0 Å². The van der Waals surface area contributed by atoms with Crippen LogP contribution in [-0.2, 0) is 0 Å². The summed E-state index contributed by atoms with van der Waals surface area (Å²) in [4.78, 5) is 2.40. The lowest BCUT2D eigenvalue weighted by Gasteiger charge is -2.39. The summed E-state index contributed by atoms with van der Waals surface area (Å²) >= 11 is 0. The Hall–Kier alpha value is -0.120. The molecule has 0 aromatic heterocycles. The first-order chi connectivity index (χ1) is 5.72. The highest BCUT2D eigenvalue weighted by Crippen LogP contribution is 2.38. The van der Waals surface area contributed by atoms with Gasteiger partial charge in [-0.05, 0) is 26.3 Å². The van der Waals surface area contributed by atoms with Gasteiger partial charge in [0, 0.05) is 25.7 Å². The fourth-order valence-electron chi connectivity index (χ4n) is 1.70. The molecule has 12 heavy (non-hydrogen) atoms. The minimum absolute atomic E-state index is 0.259. The Labute approximate surface area is 73.8 Å². The molecule has 0 bridgehead atoms. The Morgan fingerprint density at radius 2 is 2.17 bits per heavy atom. The van der Waals surface area contributed by atoms with Crippen LogP contribution in [-0.4, -0.2) is 48.3 Å². The van der Waals surface area contributed by atoms with Gasteiger partial charge in [0.05, 0.1) is 5.60 Å². The van der Waals surface area contributed by atoms with Crippen LogP contribution in [0, 0.1) is 0 Å². The molecule has 0 atom stereocenters. The molecule has 3 heteroatoms. The molecule has 0 spiro atoms. The van der Waals surface area contributed by atoms with Gasteiger partial charge in [0.15, 0.2) is 0 Å². The summed E-state index contributed by atoms with van der Waals surface area (Å²) in [5.41, 5.74) is -0.259. The van der Waals surface area contributed by atoms with Crippen molar-refractivity contribution in [1.29, 1.82) is 0 Å². The SMILES string of the molecule is CNC1CN(CCC2(O)CC2)C1. The van der Waals surface area contributed by atoms with Crippen LogP contribution < -0.4 is 5.32 Å². The molecule has 2 fully saturated rings. The first-order valence-electron chi connectivity index (χ1n) is 4.84. The van der Waals surface area contributed by atoms with E-state index in [0.717, 1.165) is 38.9 Å². The van der Waals surface area contributed by atoms with Crippen molar-refractivity contribution < 1.29 is 5.11 Å². The van der Waals surface area contributed by atoms with Gasteiger partial charge in [-0.15, -0.1) is 0 Å². The summed E-state index contributed by atoms with van der Waals surface area (Å²) in [6.07, 6.45) is 3.02. The number of hydrogen-bond acceptors (Lipinski definition) is 3. The van der Waals surface area contributed by atoms with Crippen molar-refractivity contribution in [2.24, 2.45) is 0 Å². The first kappa shape index (κ1) is 8.48. The van der Waals surface area contributed by atoms with E-state index < -0.39 is 0 Å². The third kappa shape index (κ3) is 1.79. The lowest BCUT2D eigenvalue weighted by atomic mass is 10.1. The fraction of sp³-hybridized carbons (Fsp3) is 1.00. The molecule has 1 aliphatic carbocycles. The second kappa shape index (κ2) is 2.98. The second-order valence-electron chi connectivity index (χ2n) is 4.22. The molecule has 3 nitrogen and oxygen atoms in total. The molecule has 1 saturated carbocycles. The van der Waals surface area contributed by atoms with Gasteiger partial charge in [-0.25, -0.2) is 0 Å². The maximum atomic E-state index is 9.58. The van der Waals surface area contributed by atoms with Gasteiger partial charge in [0.25, 0.3) is 0 Å². The van der Waals surface area contributed by atoms with Gasteiger partial charge in [-0.3, -0.25) is 0 Å². The van der Waals surface area contributed by atoms with E-state index in [-0.39, 0.29) is 5.60 Å². The van der Waals surface area contributed by atoms with E-state index in [1.54, 1.807) is 0 Å². The van der Waals surface area contributed by atoms with Gasteiger partial charge in [0.2, 0.25) is 0 Å². The third-order valence-corrected chi connectivity index (χ3v) is 3.09. The molecule has 2 rings (SSSR count). The highest BCUT2D eigenvalue weighted by molar-refractivity contribution is 4.95. The molecule has 0 unspecified atom stereocenters. The van der Waals surface area contributed by atoms with E-state index in [9.17, 15) is 5.11 Å². The molecule has 1 aliphatic heterocycles. The number of hydrogen-bond donors (Lipinski definition) is 2. The Bertz CT molecular complexity index is 162. The molecule has 0 radical (unpaired) electrons. The number of likely N-dealkylation sites (N-methyl/N-ethyl adjacent to an activating group) is 1. The summed E-state index contributed by atoms with van der Waals surface area (Å²) in [5.74, 6) is 0. The molecular formula is C9H18N2O. The molecule has 2 aliphatic rings. The Kier molecular flexibility index (Phi) is 2.10. The van der Waals surface area contributed by atoms with E-state index in [2.05, 4.69) is 10.2 Å². The zero-order valence-electron chi connectivity index (χ0n) is 7.71. The maximum Gasteiger partial charge on any atom is 0.0662 e. The van der Waals surface area contributed by atoms with Crippen molar-refractivity contribution in [2.45, 2.75) is 30.9 Å². The van der Waals surface area contributed by atoms with Crippen molar-refractivity contribution in [1.82, 2.24) is 10.2 Å².